The smallest absolute Gasteiger partial charge is 0.221 e. The standard InChI is InChI=1S/C17H16N4OS/c1-18-17(23)20-19-15-13-9-5-6-10-14(13)21(16(15)22)11-12-7-3-2-4-8-12/h2-10,22H,11H2,1H3,(H,18,23). The van der Waals surface area contributed by atoms with Gasteiger partial charge in [0.2, 0.25) is 11.0 Å². The van der Waals surface area contributed by atoms with Gasteiger partial charge in [0.05, 0.1) is 12.1 Å². The molecule has 0 aliphatic carbocycles. The molecule has 116 valence electrons. The molecule has 2 aromatic carbocycles. The summed E-state index contributed by atoms with van der Waals surface area (Å²) in [4.78, 5) is 0. The first-order valence-electron chi connectivity index (χ1n) is 7.18. The molecule has 0 radical (unpaired) electrons. The lowest BCUT2D eigenvalue weighted by Crippen LogP contribution is -2.11. The second-order valence-corrected chi connectivity index (χ2v) is 5.40. The number of nitrogens with one attached hydrogen (secondary N) is 1. The van der Waals surface area contributed by atoms with Crippen molar-refractivity contribution in [2.24, 2.45) is 10.2 Å². The van der Waals surface area contributed by atoms with Gasteiger partial charge in [-0.3, -0.25) is 0 Å². The maximum absolute atomic E-state index is 10.6. The van der Waals surface area contributed by atoms with E-state index in [0.29, 0.717) is 12.2 Å². The third-order valence-electron chi connectivity index (χ3n) is 3.56. The van der Waals surface area contributed by atoms with Crippen LogP contribution in [-0.2, 0) is 6.54 Å². The van der Waals surface area contributed by atoms with E-state index in [1.54, 1.807) is 7.05 Å². The molecule has 1 aromatic heterocycles. The Hall–Kier alpha value is -2.73. The van der Waals surface area contributed by atoms with Crippen molar-refractivity contribution < 1.29 is 5.11 Å². The number of aromatic hydroxyl groups is 1. The molecule has 1 heterocycles. The molecule has 3 rings (SSSR count). The minimum Gasteiger partial charge on any atom is -0.493 e. The van der Waals surface area contributed by atoms with Gasteiger partial charge in [0.15, 0.2) is 5.69 Å². The molecule has 0 spiro atoms. The van der Waals surface area contributed by atoms with Crippen LogP contribution in [0.15, 0.2) is 64.8 Å². The molecule has 3 aromatic rings. The van der Waals surface area contributed by atoms with Crippen molar-refractivity contribution in [1.82, 2.24) is 9.88 Å². The Labute approximate surface area is 139 Å². The lowest BCUT2D eigenvalue weighted by atomic mass is 10.2. The largest absolute Gasteiger partial charge is 0.493 e. The Morgan fingerprint density at radius 2 is 1.83 bits per heavy atom. The number of nitrogens with zero attached hydrogens (tertiary/aromatic N) is 3. The fraction of sp³-hybridized carbons (Fsp3) is 0.118. The van der Waals surface area contributed by atoms with E-state index in [-0.39, 0.29) is 11.0 Å². The Balaban J connectivity index is 2.10. The molecular formula is C17H16N4OS. The summed E-state index contributed by atoms with van der Waals surface area (Å²) in [5, 5.41) is 22.5. The Bertz CT molecular complexity index is 871. The maximum atomic E-state index is 10.6. The van der Waals surface area contributed by atoms with Crippen molar-refractivity contribution in [2.45, 2.75) is 6.54 Å². The first-order valence-corrected chi connectivity index (χ1v) is 7.59. The summed E-state index contributed by atoms with van der Waals surface area (Å²) in [7, 11) is 1.68. The van der Waals surface area contributed by atoms with Crippen LogP contribution in [0.25, 0.3) is 10.9 Å². The predicted molar refractivity (Wildman–Crippen MR) is 95.3 cm³/mol. The minimum absolute atomic E-state index is 0.0812. The molecule has 0 saturated heterocycles. The number of hydrogen-bond acceptors (Lipinski definition) is 3. The number of para-hydroxylation sites is 1. The summed E-state index contributed by atoms with van der Waals surface area (Å²) in [5.74, 6) is 0.0812. The molecular weight excluding hydrogens is 308 g/mol. The van der Waals surface area contributed by atoms with Crippen LogP contribution in [0, 0.1) is 0 Å². The zero-order valence-electron chi connectivity index (χ0n) is 12.6. The van der Waals surface area contributed by atoms with Gasteiger partial charge in [-0.2, -0.15) is 0 Å². The van der Waals surface area contributed by atoms with Crippen molar-refractivity contribution in [3.05, 3.63) is 60.2 Å². The van der Waals surface area contributed by atoms with Gasteiger partial charge >= 0.3 is 0 Å². The predicted octanol–water partition coefficient (Wildman–Crippen LogP) is 3.98. The van der Waals surface area contributed by atoms with Gasteiger partial charge < -0.3 is 15.0 Å². The molecule has 0 fully saturated rings. The molecule has 5 nitrogen and oxygen atoms in total. The summed E-state index contributed by atoms with van der Waals surface area (Å²) < 4.78 is 1.82. The number of rotatable bonds is 3. The number of aromatic nitrogens is 1. The number of hydrogen-bond donors (Lipinski definition) is 2. The highest BCUT2D eigenvalue weighted by atomic mass is 32.1. The average molecular weight is 324 g/mol. The van der Waals surface area contributed by atoms with Crippen molar-refractivity contribution in [1.29, 1.82) is 0 Å². The highest BCUT2D eigenvalue weighted by molar-refractivity contribution is 7.80. The van der Waals surface area contributed by atoms with Gasteiger partial charge in [-0.1, -0.05) is 48.5 Å². The molecule has 6 heteroatoms. The van der Waals surface area contributed by atoms with Crippen molar-refractivity contribution in [3.63, 3.8) is 0 Å². The number of benzene rings is 2. The number of thiocarbonyl (C=S) groups is 1. The highest BCUT2D eigenvalue weighted by Crippen LogP contribution is 2.39. The topological polar surface area (TPSA) is 61.9 Å². The Kier molecular flexibility index (Phi) is 4.34. The first kappa shape index (κ1) is 15.2. The zero-order chi connectivity index (χ0) is 16.2. The summed E-state index contributed by atoms with van der Waals surface area (Å²) in [5.41, 5.74) is 2.42. The third-order valence-corrected chi connectivity index (χ3v) is 3.84. The molecule has 0 saturated carbocycles. The van der Waals surface area contributed by atoms with E-state index in [9.17, 15) is 5.11 Å². The van der Waals surface area contributed by atoms with Crippen LogP contribution in [0.5, 0.6) is 5.88 Å². The normalized spacial score (nSPS) is 11.2. The highest BCUT2D eigenvalue weighted by Gasteiger charge is 2.16. The molecule has 0 aliphatic rings. The van der Waals surface area contributed by atoms with Crippen LogP contribution in [0.4, 0.5) is 5.69 Å². The van der Waals surface area contributed by atoms with Gasteiger partial charge in [0.1, 0.15) is 0 Å². The van der Waals surface area contributed by atoms with Gasteiger partial charge in [-0.05, 0) is 23.8 Å². The second-order valence-electron chi connectivity index (χ2n) is 5.02. The monoisotopic (exact) mass is 324 g/mol. The zero-order valence-corrected chi connectivity index (χ0v) is 13.4. The molecule has 23 heavy (non-hydrogen) atoms. The van der Waals surface area contributed by atoms with Crippen molar-refractivity contribution in [3.8, 4) is 5.88 Å². The van der Waals surface area contributed by atoms with E-state index in [1.807, 2.05) is 59.2 Å². The van der Waals surface area contributed by atoms with E-state index in [2.05, 4.69) is 15.5 Å². The molecule has 2 N–H and O–H groups in total. The van der Waals surface area contributed by atoms with Crippen LogP contribution in [0.1, 0.15) is 5.56 Å². The van der Waals surface area contributed by atoms with Gasteiger partial charge in [-0.15, -0.1) is 10.2 Å². The van der Waals surface area contributed by atoms with Crippen LogP contribution >= 0.6 is 12.2 Å². The Morgan fingerprint density at radius 1 is 1.13 bits per heavy atom. The van der Waals surface area contributed by atoms with E-state index in [1.165, 1.54) is 0 Å². The fourth-order valence-electron chi connectivity index (χ4n) is 2.44. The second kappa shape index (κ2) is 6.58. The molecule has 0 aliphatic heterocycles. The molecule has 0 atom stereocenters. The van der Waals surface area contributed by atoms with E-state index in [0.717, 1.165) is 16.5 Å². The van der Waals surface area contributed by atoms with Crippen LogP contribution in [0.3, 0.4) is 0 Å². The molecule has 0 amide bonds. The number of fused-ring (bicyclic) bond motifs is 1. The minimum atomic E-state index is 0.0812. The van der Waals surface area contributed by atoms with Gasteiger partial charge in [0, 0.05) is 12.4 Å². The average Bonchev–Trinajstić information content (AvgIpc) is 2.86. The molecule has 0 unspecified atom stereocenters. The van der Waals surface area contributed by atoms with Gasteiger partial charge in [0.25, 0.3) is 0 Å². The summed E-state index contributed by atoms with van der Waals surface area (Å²) in [6.45, 7) is 0.555. The van der Waals surface area contributed by atoms with Crippen molar-refractivity contribution >= 4 is 33.9 Å². The summed E-state index contributed by atoms with van der Waals surface area (Å²) in [6, 6.07) is 17.7. The lowest BCUT2D eigenvalue weighted by molar-refractivity contribution is 0.429. The lowest BCUT2D eigenvalue weighted by Gasteiger charge is -2.06. The summed E-state index contributed by atoms with van der Waals surface area (Å²) in [6.07, 6.45) is 0. The number of azo groups is 1. The third kappa shape index (κ3) is 3.07. The summed E-state index contributed by atoms with van der Waals surface area (Å²) >= 11 is 4.97. The molecule has 0 bridgehead atoms. The van der Waals surface area contributed by atoms with Crippen molar-refractivity contribution in [2.75, 3.05) is 7.05 Å². The van der Waals surface area contributed by atoms with E-state index >= 15 is 0 Å². The first-order chi connectivity index (χ1) is 11.2. The Morgan fingerprint density at radius 3 is 2.57 bits per heavy atom. The SMILES string of the molecule is CNC(=S)N=Nc1c(O)n(Cc2ccccc2)c2ccccc12. The van der Waals surface area contributed by atoms with Crippen LogP contribution in [0.2, 0.25) is 0 Å². The van der Waals surface area contributed by atoms with Gasteiger partial charge in [-0.25, -0.2) is 0 Å². The quantitative estimate of drug-likeness (QED) is 0.566. The fourth-order valence-corrected chi connectivity index (χ4v) is 2.48. The maximum Gasteiger partial charge on any atom is 0.221 e. The van der Waals surface area contributed by atoms with E-state index < -0.39 is 0 Å². The van der Waals surface area contributed by atoms with Crippen LogP contribution in [-0.4, -0.2) is 21.8 Å². The van der Waals surface area contributed by atoms with E-state index in [4.69, 9.17) is 12.2 Å². The van der Waals surface area contributed by atoms with Crippen LogP contribution < -0.4 is 5.32 Å².